The number of hydrogen-bond acceptors (Lipinski definition) is 4. The normalized spacial score (nSPS) is 31.5. The van der Waals surface area contributed by atoms with Crippen LogP contribution in [-0.4, -0.2) is 38.4 Å². The van der Waals surface area contributed by atoms with E-state index in [-0.39, 0.29) is 38.8 Å². The first kappa shape index (κ1) is 26.2. The molecule has 0 spiro atoms. The van der Waals surface area contributed by atoms with Gasteiger partial charge in [-0.15, -0.1) is 0 Å². The fraction of sp³-hybridized carbons (Fsp3) is 0.882. The van der Waals surface area contributed by atoms with Crippen LogP contribution in [0.15, 0.2) is 0 Å². The summed E-state index contributed by atoms with van der Waals surface area (Å²) in [5.74, 6) is -0.593. The second kappa shape index (κ2) is 12.3. The van der Waals surface area contributed by atoms with E-state index in [1.54, 1.807) is 0 Å². The molecule has 24 heavy (non-hydrogen) atoms. The summed E-state index contributed by atoms with van der Waals surface area (Å²) in [7, 11) is 2.97. The minimum Gasteiger partial charge on any atom is -0.663 e. The fourth-order valence-corrected chi connectivity index (χ4v) is 2.96. The molecule has 0 bridgehead atoms. The Bertz CT molecular complexity index is 384. The molecule has 0 saturated carbocycles. The summed E-state index contributed by atoms with van der Waals surface area (Å²) in [5, 5.41) is 2.12. The molecule has 139 valence electrons. The van der Waals surface area contributed by atoms with E-state index in [0.29, 0.717) is 30.1 Å². The molecule has 1 fully saturated rings. The van der Waals surface area contributed by atoms with Gasteiger partial charge >= 0.3 is 0 Å². The van der Waals surface area contributed by atoms with Gasteiger partial charge in [-0.05, 0) is 30.7 Å². The number of carbonyl (C=O) groups excluding carboxylic acids is 2. The van der Waals surface area contributed by atoms with Crippen LogP contribution in [0.4, 0.5) is 0 Å². The Kier molecular flexibility index (Phi) is 13.5. The Morgan fingerprint density at radius 1 is 1.46 bits per heavy atom. The zero-order valence-corrected chi connectivity index (χ0v) is 18.8. The number of ether oxygens (including phenoxy) is 2. The van der Waals surface area contributed by atoms with Gasteiger partial charge in [0.05, 0.1) is 6.10 Å². The third-order valence-electron chi connectivity index (χ3n) is 5.17. The molecule has 1 saturated heterocycles. The van der Waals surface area contributed by atoms with E-state index in [1.807, 2.05) is 0 Å². The molecule has 2 amide bonds. The molecular weight excluding hydrogens is 385 g/mol. The second-order valence-electron chi connectivity index (χ2n) is 6.51. The minimum atomic E-state index is -1.36. The molecule has 0 aliphatic carbocycles. The van der Waals surface area contributed by atoms with E-state index >= 15 is 0 Å². The maximum atomic E-state index is 11.6. The van der Waals surface area contributed by atoms with Gasteiger partial charge in [-0.1, -0.05) is 41.0 Å². The van der Waals surface area contributed by atoms with E-state index in [2.05, 4.69) is 39.9 Å². The van der Waals surface area contributed by atoms with Gasteiger partial charge in [0.2, 0.25) is 5.79 Å². The van der Waals surface area contributed by atoms with Crippen LogP contribution in [0.2, 0.25) is 0 Å². The van der Waals surface area contributed by atoms with Gasteiger partial charge in [0.25, 0.3) is 0 Å². The van der Waals surface area contributed by atoms with Crippen molar-refractivity contribution in [1.82, 2.24) is 5.32 Å². The van der Waals surface area contributed by atoms with E-state index in [0.717, 1.165) is 6.42 Å². The third-order valence-corrected chi connectivity index (χ3v) is 5.17. The van der Waals surface area contributed by atoms with Crippen molar-refractivity contribution < 1.29 is 51.8 Å². The Hall–Kier alpha value is -0.0361. The molecular formula is C17H32N2O4Y-2. The van der Waals surface area contributed by atoms with Crippen molar-refractivity contribution in [1.29, 1.82) is 0 Å². The molecule has 0 aromatic carbocycles. The summed E-state index contributed by atoms with van der Waals surface area (Å²) in [6.07, 6.45) is 2.95. The predicted molar refractivity (Wildman–Crippen MR) is 90.3 cm³/mol. The van der Waals surface area contributed by atoms with Crippen LogP contribution >= 0.6 is 0 Å². The summed E-state index contributed by atoms with van der Waals surface area (Å²) in [5.41, 5.74) is 7.47. The summed E-state index contributed by atoms with van der Waals surface area (Å²) in [6, 6.07) is 0. The standard InChI is InChI=1S/C15H29NO3.C2H4NO.Y/c1-7-9(2)11(4)13-12(5)10(3)8-15(18-6,19-13)14(16)17;1-3-2-4;/h9-13H,7-8H2,1-6H3,(H2,16,17);1H3,(H,3,4);/q;-1;/p-1/t9-,10?,11-,12?,13?,15?;;/m1../s1. The molecule has 1 radical (unpaired) electrons. The number of rotatable bonds is 6. The molecule has 1 rings (SSSR count). The molecule has 1 heterocycles. The largest absolute Gasteiger partial charge is 0.663 e. The van der Waals surface area contributed by atoms with Crippen molar-refractivity contribution in [3.05, 3.63) is 5.73 Å². The van der Waals surface area contributed by atoms with E-state index in [4.69, 9.17) is 20.0 Å². The summed E-state index contributed by atoms with van der Waals surface area (Å²) in [6.45, 7) is 10.8. The third kappa shape index (κ3) is 6.70. The predicted octanol–water partition coefficient (Wildman–Crippen LogP) is 2.92. The second-order valence-corrected chi connectivity index (χ2v) is 6.51. The van der Waals surface area contributed by atoms with E-state index < -0.39 is 11.7 Å². The van der Waals surface area contributed by atoms with Gasteiger partial charge in [-0.3, -0.25) is 0 Å². The van der Waals surface area contributed by atoms with Gasteiger partial charge in [0, 0.05) is 46.2 Å². The first-order chi connectivity index (χ1) is 10.7. The Balaban J connectivity index is 0. The molecule has 1 aliphatic heterocycles. The maximum absolute atomic E-state index is 11.6. The SMILES string of the molecule is CC[C@@H](C)[C@@H](C)C1OC(OC)(C([NH-])=O)CC(C)C1C.CN[C-]=O.[Y]. The maximum Gasteiger partial charge on any atom is 0.211 e. The number of nitrogens with one attached hydrogen (secondary N) is 2. The van der Waals surface area contributed by atoms with Crippen molar-refractivity contribution in [2.75, 3.05) is 14.2 Å². The van der Waals surface area contributed by atoms with Crippen molar-refractivity contribution in [3.8, 4) is 0 Å². The van der Waals surface area contributed by atoms with E-state index in [9.17, 15) is 4.79 Å². The molecule has 1 aliphatic rings. The first-order valence-electron chi connectivity index (χ1n) is 8.23. The fourth-order valence-electron chi connectivity index (χ4n) is 2.96. The zero-order valence-electron chi connectivity index (χ0n) is 16.0. The Labute approximate surface area is 171 Å². The van der Waals surface area contributed by atoms with Crippen LogP contribution in [0.25, 0.3) is 5.73 Å². The van der Waals surface area contributed by atoms with Crippen molar-refractivity contribution in [2.24, 2.45) is 23.7 Å². The summed E-state index contributed by atoms with van der Waals surface area (Å²) in [4.78, 5) is 20.6. The van der Waals surface area contributed by atoms with E-state index in [1.165, 1.54) is 20.6 Å². The van der Waals surface area contributed by atoms with Gasteiger partial charge in [-0.2, -0.15) is 6.41 Å². The average molecular weight is 417 g/mol. The van der Waals surface area contributed by atoms with Crippen LogP contribution < -0.4 is 5.32 Å². The molecule has 0 aromatic rings. The minimum absolute atomic E-state index is 0. The van der Waals surface area contributed by atoms with Crippen LogP contribution in [0.3, 0.4) is 0 Å². The van der Waals surface area contributed by atoms with Crippen LogP contribution in [-0.2, 0) is 51.8 Å². The van der Waals surface area contributed by atoms with Crippen LogP contribution in [0, 0.1) is 23.7 Å². The van der Waals surface area contributed by atoms with Crippen molar-refractivity contribution in [3.63, 3.8) is 0 Å². The summed E-state index contributed by atoms with van der Waals surface area (Å²) < 4.78 is 11.3. The summed E-state index contributed by atoms with van der Waals surface area (Å²) >= 11 is 0. The van der Waals surface area contributed by atoms with Gasteiger partial charge in [-0.25, -0.2) is 0 Å². The number of hydrogen-bond donors (Lipinski definition) is 1. The van der Waals surface area contributed by atoms with Gasteiger partial charge < -0.3 is 30.1 Å². The Morgan fingerprint density at radius 2 is 1.96 bits per heavy atom. The molecule has 4 unspecified atom stereocenters. The van der Waals surface area contributed by atoms with Crippen LogP contribution in [0.1, 0.15) is 47.5 Å². The topological polar surface area (TPSA) is 88.4 Å². The number of amides is 2. The van der Waals surface area contributed by atoms with Gasteiger partial charge in [0.15, 0.2) is 0 Å². The van der Waals surface area contributed by atoms with Crippen LogP contribution in [0.5, 0.6) is 0 Å². The zero-order chi connectivity index (χ0) is 18.2. The monoisotopic (exact) mass is 417 g/mol. The molecule has 6 nitrogen and oxygen atoms in total. The smallest absolute Gasteiger partial charge is 0.211 e. The molecule has 0 aromatic heterocycles. The van der Waals surface area contributed by atoms with Crippen molar-refractivity contribution >= 4 is 12.3 Å². The molecule has 6 atom stereocenters. The number of methoxy groups -OCH3 is 1. The Morgan fingerprint density at radius 3 is 2.29 bits per heavy atom. The van der Waals surface area contributed by atoms with Crippen molar-refractivity contribution in [2.45, 2.75) is 59.4 Å². The quantitative estimate of drug-likeness (QED) is 0.532. The van der Waals surface area contributed by atoms with Gasteiger partial charge in [0.1, 0.15) is 5.91 Å². The molecule has 2 N–H and O–H groups in total. The average Bonchev–Trinajstić information content (AvgIpc) is 2.55. The number of carbonyl (C=O) groups is 1. The first-order valence-corrected chi connectivity index (χ1v) is 8.23. The molecule has 7 heteroatoms.